The predicted molar refractivity (Wildman–Crippen MR) is 102 cm³/mol. The van der Waals surface area contributed by atoms with Gasteiger partial charge in [-0.05, 0) is 55.0 Å². The average molecular weight is 337 g/mol. The molecule has 1 N–H and O–H groups in total. The van der Waals surface area contributed by atoms with Crippen LogP contribution in [0.1, 0.15) is 63.0 Å². The SMILES string of the molecule is CCCCCC(CC)c1cc(C)cc(-n2nc3ccccc3n2)c1O. The molecule has 0 fully saturated rings. The molecule has 4 nitrogen and oxygen atoms in total. The normalized spacial score (nSPS) is 12.6. The highest BCUT2D eigenvalue weighted by Crippen LogP contribution is 2.37. The zero-order chi connectivity index (χ0) is 17.8. The van der Waals surface area contributed by atoms with Gasteiger partial charge >= 0.3 is 0 Å². The number of rotatable bonds is 7. The van der Waals surface area contributed by atoms with Gasteiger partial charge in [0.05, 0.1) is 0 Å². The van der Waals surface area contributed by atoms with Crippen LogP contribution in [0.5, 0.6) is 5.75 Å². The second-order valence-corrected chi connectivity index (χ2v) is 6.80. The second kappa shape index (κ2) is 7.68. The van der Waals surface area contributed by atoms with Gasteiger partial charge in [-0.25, -0.2) is 0 Å². The van der Waals surface area contributed by atoms with Gasteiger partial charge in [-0.2, -0.15) is 0 Å². The van der Waals surface area contributed by atoms with Crippen LogP contribution in [-0.4, -0.2) is 20.1 Å². The van der Waals surface area contributed by atoms with Crippen molar-refractivity contribution in [1.82, 2.24) is 15.0 Å². The molecule has 0 aliphatic heterocycles. The van der Waals surface area contributed by atoms with Crippen LogP contribution >= 0.6 is 0 Å². The molecule has 0 saturated carbocycles. The Labute approximate surface area is 149 Å². The molecule has 1 unspecified atom stereocenters. The molecule has 0 bridgehead atoms. The molecule has 132 valence electrons. The second-order valence-electron chi connectivity index (χ2n) is 6.80. The van der Waals surface area contributed by atoms with Gasteiger partial charge in [0.25, 0.3) is 0 Å². The number of hydrogen-bond acceptors (Lipinski definition) is 3. The highest BCUT2D eigenvalue weighted by atomic mass is 16.3. The number of aromatic nitrogens is 3. The number of nitrogens with zero attached hydrogens (tertiary/aromatic N) is 3. The molecule has 1 heterocycles. The van der Waals surface area contributed by atoms with Crippen molar-refractivity contribution in [3.8, 4) is 11.4 Å². The van der Waals surface area contributed by atoms with Crippen LogP contribution in [0.15, 0.2) is 36.4 Å². The lowest BCUT2D eigenvalue weighted by Gasteiger charge is -2.19. The highest BCUT2D eigenvalue weighted by molar-refractivity contribution is 5.73. The summed E-state index contributed by atoms with van der Waals surface area (Å²) >= 11 is 0. The molecule has 0 saturated heterocycles. The first-order chi connectivity index (χ1) is 12.1. The molecule has 2 aromatic carbocycles. The standard InChI is InChI=1S/C21H27N3O/c1-4-6-7-10-16(5-2)17-13-15(3)14-20(21(17)25)24-22-18-11-8-9-12-19(18)23-24/h8-9,11-14,16,25H,4-7,10H2,1-3H3. The predicted octanol–water partition coefficient (Wildman–Crippen LogP) is 5.51. The first-order valence-corrected chi connectivity index (χ1v) is 9.30. The van der Waals surface area contributed by atoms with Gasteiger partial charge in [0.1, 0.15) is 22.5 Å². The molecule has 0 radical (unpaired) electrons. The first kappa shape index (κ1) is 17.5. The van der Waals surface area contributed by atoms with Crippen molar-refractivity contribution in [3.05, 3.63) is 47.5 Å². The van der Waals surface area contributed by atoms with Crippen LogP contribution in [0.25, 0.3) is 16.7 Å². The minimum Gasteiger partial charge on any atom is -0.505 e. The van der Waals surface area contributed by atoms with E-state index >= 15 is 0 Å². The summed E-state index contributed by atoms with van der Waals surface area (Å²) in [5.74, 6) is 0.685. The quantitative estimate of drug-likeness (QED) is 0.578. The van der Waals surface area contributed by atoms with Crippen molar-refractivity contribution in [2.75, 3.05) is 0 Å². The Morgan fingerprint density at radius 3 is 2.32 bits per heavy atom. The molecule has 1 atom stereocenters. The third-order valence-electron chi connectivity index (χ3n) is 4.85. The highest BCUT2D eigenvalue weighted by Gasteiger charge is 2.19. The molecule has 0 spiro atoms. The van der Waals surface area contributed by atoms with Crippen molar-refractivity contribution in [3.63, 3.8) is 0 Å². The Hall–Kier alpha value is -2.36. The number of hydrogen-bond donors (Lipinski definition) is 1. The summed E-state index contributed by atoms with van der Waals surface area (Å²) < 4.78 is 0. The van der Waals surface area contributed by atoms with Gasteiger partial charge in [-0.1, -0.05) is 51.3 Å². The molecule has 3 rings (SSSR count). The van der Waals surface area contributed by atoms with Gasteiger partial charge in [0.2, 0.25) is 0 Å². The molecule has 0 aliphatic rings. The Kier molecular flexibility index (Phi) is 5.37. The summed E-state index contributed by atoms with van der Waals surface area (Å²) in [4.78, 5) is 1.56. The van der Waals surface area contributed by atoms with E-state index in [9.17, 15) is 5.11 Å². The Bertz CT molecular complexity index is 820. The summed E-state index contributed by atoms with van der Waals surface area (Å²) in [5.41, 5.74) is 4.48. The van der Waals surface area contributed by atoms with Crippen LogP contribution in [0.3, 0.4) is 0 Å². The van der Waals surface area contributed by atoms with Crippen LogP contribution in [-0.2, 0) is 0 Å². The molecule has 0 aliphatic carbocycles. The van der Waals surface area contributed by atoms with E-state index in [-0.39, 0.29) is 0 Å². The molecule has 4 heteroatoms. The summed E-state index contributed by atoms with van der Waals surface area (Å²) in [5, 5.41) is 20.0. The van der Waals surface area contributed by atoms with E-state index in [1.807, 2.05) is 30.3 Å². The largest absolute Gasteiger partial charge is 0.505 e. The number of phenols is 1. The zero-order valence-electron chi connectivity index (χ0n) is 15.4. The van der Waals surface area contributed by atoms with Crippen molar-refractivity contribution in [2.45, 2.75) is 58.8 Å². The Balaban J connectivity index is 2.01. The molecule has 3 aromatic rings. The Morgan fingerprint density at radius 1 is 1.04 bits per heavy atom. The van der Waals surface area contributed by atoms with Gasteiger partial charge in [0.15, 0.2) is 0 Å². The van der Waals surface area contributed by atoms with Gasteiger partial charge in [-0.15, -0.1) is 15.0 Å². The summed E-state index contributed by atoms with van der Waals surface area (Å²) in [7, 11) is 0. The Morgan fingerprint density at radius 2 is 1.72 bits per heavy atom. The van der Waals surface area contributed by atoms with E-state index in [4.69, 9.17) is 0 Å². The molecular weight excluding hydrogens is 310 g/mol. The summed E-state index contributed by atoms with van der Waals surface area (Å²) in [6.07, 6.45) is 5.78. The number of benzene rings is 2. The van der Waals surface area contributed by atoms with Crippen molar-refractivity contribution in [2.24, 2.45) is 0 Å². The first-order valence-electron chi connectivity index (χ1n) is 9.30. The van der Waals surface area contributed by atoms with E-state index in [1.165, 1.54) is 19.3 Å². The van der Waals surface area contributed by atoms with Crippen LogP contribution in [0, 0.1) is 6.92 Å². The molecule has 0 amide bonds. The van der Waals surface area contributed by atoms with E-state index in [2.05, 4.69) is 37.0 Å². The van der Waals surface area contributed by atoms with Crippen molar-refractivity contribution < 1.29 is 5.11 Å². The minimum atomic E-state index is 0.314. The number of unbranched alkanes of at least 4 members (excludes halogenated alkanes) is 2. The maximum Gasteiger partial charge on any atom is 0.146 e. The van der Waals surface area contributed by atoms with E-state index < -0.39 is 0 Å². The van der Waals surface area contributed by atoms with Crippen molar-refractivity contribution in [1.29, 1.82) is 0 Å². The van der Waals surface area contributed by atoms with E-state index in [0.29, 0.717) is 17.4 Å². The molecular formula is C21H27N3O. The minimum absolute atomic E-state index is 0.314. The fourth-order valence-corrected chi connectivity index (χ4v) is 3.44. The smallest absolute Gasteiger partial charge is 0.146 e. The maximum absolute atomic E-state index is 10.9. The van der Waals surface area contributed by atoms with E-state index in [1.54, 1.807) is 4.80 Å². The third-order valence-corrected chi connectivity index (χ3v) is 4.85. The van der Waals surface area contributed by atoms with Crippen molar-refractivity contribution >= 4 is 11.0 Å². The number of fused-ring (bicyclic) bond motifs is 1. The molecule has 25 heavy (non-hydrogen) atoms. The van der Waals surface area contributed by atoms with Gasteiger partial charge < -0.3 is 5.11 Å². The fourth-order valence-electron chi connectivity index (χ4n) is 3.44. The summed E-state index contributed by atoms with van der Waals surface area (Å²) in [6.45, 7) is 6.48. The number of aryl methyl sites for hydroxylation is 1. The summed E-state index contributed by atoms with van der Waals surface area (Å²) in [6, 6.07) is 11.8. The number of aromatic hydroxyl groups is 1. The maximum atomic E-state index is 10.9. The lowest BCUT2D eigenvalue weighted by atomic mass is 9.89. The van der Waals surface area contributed by atoms with Crippen LogP contribution in [0.2, 0.25) is 0 Å². The monoisotopic (exact) mass is 337 g/mol. The van der Waals surface area contributed by atoms with Crippen LogP contribution in [0.4, 0.5) is 0 Å². The zero-order valence-corrected chi connectivity index (χ0v) is 15.4. The topological polar surface area (TPSA) is 50.9 Å². The van der Waals surface area contributed by atoms with Gasteiger partial charge in [-0.3, -0.25) is 0 Å². The number of phenolic OH excluding ortho intramolecular Hbond substituents is 1. The third kappa shape index (κ3) is 3.68. The molecule has 1 aromatic heterocycles. The van der Waals surface area contributed by atoms with E-state index in [0.717, 1.165) is 35.0 Å². The fraction of sp³-hybridized carbons (Fsp3) is 0.429. The van der Waals surface area contributed by atoms with Crippen LogP contribution < -0.4 is 0 Å². The van der Waals surface area contributed by atoms with Gasteiger partial charge in [0, 0.05) is 0 Å². The average Bonchev–Trinajstić information content (AvgIpc) is 3.04. The lowest BCUT2D eigenvalue weighted by Crippen LogP contribution is -2.05. The lowest BCUT2D eigenvalue weighted by molar-refractivity contribution is 0.444.